The minimum absolute atomic E-state index is 0.00229. The zero-order valence-corrected chi connectivity index (χ0v) is 13.3. The smallest absolute Gasteiger partial charge is 0.223 e. The minimum Gasteiger partial charge on any atom is -0.493 e. The van der Waals surface area contributed by atoms with Crippen LogP contribution < -0.4 is 10.1 Å². The molecule has 21 heavy (non-hydrogen) atoms. The van der Waals surface area contributed by atoms with Crippen LogP contribution in [0.4, 0.5) is 0 Å². The van der Waals surface area contributed by atoms with Gasteiger partial charge >= 0.3 is 0 Å². The second-order valence-corrected chi connectivity index (χ2v) is 5.16. The average molecular weight is 314 g/mol. The van der Waals surface area contributed by atoms with Crippen molar-refractivity contribution < 1.29 is 14.3 Å². The second kappa shape index (κ2) is 11.4. The van der Waals surface area contributed by atoms with Crippen LogP contribution in [-0.4, -0.2) is 32.3 Å². The molecule has 0 heterocycles. The summed E-state index contributed by atoms with van der Waals surface area (Å²) in [5, 5.41) is 3.52. The van der Waals surface area contributed by atoms with E-state index in [2.05, 4.69) is 12.2 Å². The van der Waals surface area contributed by atoms with Crippen molar-refractivity contribution in [1.29, 1.82) is 0 Å². The Morgan fingerprint density at radius 1 is 1.14 bits per heavy atom. The van der Waals surface area contributed by atoms with Gasteiger partial charge in [-0.2, -0.15) is 0 Å². The minimum atomic E-state index is -0.00229. The highest BCUT2D eigenvalue weighted by Gasteiger charge is 2.01. The molecule has 0 aliphatic carbocycles. The molecule has 1 aromatic rings. The first kappa shape index (κ1) is 17.8. The van der Waals surface area contributed by atoms with Crippen molar-refractivity contribution in [3.05, 3.63) is 29.3 Å². The molecule has 118 valence electrons. The number of hydrogen-bond acceptors (Lipinski definition) is 3. The summed E-state index contributed by atoms with van der Waals surface area (Å²) in [5.74, 6) is 0.717. The number of halogens is 1. The van der Waals surface area contributed by atoms with Gasteiger partial charge in [0.1, 0.15) is 5.75 Å². The van der Waals surface area contributed by atoms with Crippen LogP contribution in [0.25, 0.3) is 0 Å². The monoisotopic (exact) mass is 313 g/mol. The first-order chi connectivity index (χ1) is 10.2. The first-order valence-corrected chi connectivity index (χ1v) is 7.83. The molecule has 4 nitrogen and oxygen atoms in total. The zero-order chi connectivity index (χ0) is 15.3. The largest absolute Gasteiger partial charge is 0.493 e. The number of carbonyl (C=O) groups is 1. The van der Waals surface area contributed by atoms with Crippen LogP contribution in [0.3, 0.4) is 0 Å². The van der Waals surface area contributed by atoms with Gasteiger partial charge in [-0.05, 0) is 37.1 Å². The van der Waals surface area contributed by atoms with E-state index in [1.165, 1.54) is 0 Å². The molecule has 0 unspecified atom stereocenters. The first-order valence-electron chi connectivity index (χ1n) is 7.45. The van der Waals surface area contributed by atoms with Gasteiger partial charge in [-0.15, -0.1) is 0 Å². The number of nitrogens with one attached hydrogen (secondary N) is 1. The van der Waals surface area contributed by atoms with Crippen LogP contribution in [-0.2, 0) is 9.53 Å². The van der Waals surface area contributed by atoms with E-state index < -0.39 is 0 Å². The summed E-state index contributed by atoms with van der Waals surface area (Å²) in [7, 11) is 0. The average Bonchev–Trinajstić information content (AvgIpc) is 2.48. The predicted octanol–water partition coefficient (Wildman–Crippen LogP) is 3.43. The van der Waals surface area contributed by atoms with Crippen molar-refractivity contribution >= 4 is 17.5 Å². The van der Waals surface area contributed by atoms with E-state index in [4.69, 9.17) is 21.1 Å². The zero-order valence-electron chi connectivity index (χ0n) is 12.6. The van der Waals surface area contributed by atoms with Crippen LogP contribution in [0, 0.1) is 0 Å². The molecule has 1 N–H and O–H groups in total. The Balaban J connectivity index is 1.97. The summed E-state index contributed by atoms with van der Waals surface area (Å²) in [6.45, 7) is 4.64. The molecule has 0 saturated heterocycles. The van der Waals surface area contributed by atoms with Gasteiger partial charge in [0.25, 0.3) is 0 Å². The molecule has 0 saturated carbocycles. The Morgan fingerprint density at radius 2 is 1.86 bits per heavy atom. The highest BCUT2D eigenvalue weighted by molar-refractivity contribution is 6.30. The lowest BCUT2D eigenvalue weighted by molar-refractivity contribution is -0.121. The molecule has 0 radical (unpaired) electrons. The van der Waals surface area contributed by atoms with E-state index in [0.29, 0.717) is 31.2 Å². The van der Waals surface area contributed by atoms with Crippen molar-refractivity contribution in [3.8, 4) is 5.75 Å². The maximum atomic E-state index is 11.6. The molecule has 1 amide bonds. The molecular formula is C16H24ClNO3. The van der Waals surface area contributed by atoms with Crippen molar-refractivity contribution in [2.75, 3.05) is 26.4 Å². The van der Waals surface area contributed by atoms with Gasteiger partial charge in [-0.3, -0.25) is 4.79 Å². The summed E-state index contributed by atoms with van der Waals surface area (Å²) >= 11 is 5.78. The molecule has 0 fully saturated rings. The number of rotatable bonds is 11. The van der Waals surface area contributed by atoms with Crippen molar-refractivity contribution in [3.63, 3.8) is 0 Å². The second-order valence-electron chi connectivity index (χ2n) is 4.72. The highest BCUT2D eigenvalue weighted by atomic mass is 35.5. The standard InChI is InChI=1S/C16H24ClNO3/c1-2-3-11-20-12-4-10-18-16(19)9-13-21-15-7-5-14(17)6-8-15/h5-8H,2-4,9-13H2,1H3,(H,18,19). The molecule has 0 aliphatic heterocycles. The summed E-state index contributed by atoms with van der Waals surface area (Å²) in [6, 6.07) is 7.09. The Hall–Kier alpha value is -1.26. The fourth-order valence-electron chi connectivity index (χ4n) is 1.63. The topological polar surface area (TPSA) is 47.6 Å². The number of carbonyl (C=O) groups excluding carboxylic acids is 1. The van der Waals surface area contributed by atoms with Gasteiger partial charge in [0.2, 0.25) is 5.91 Å². The Morgan fingerprint density at radius 3 is 2.57 bits per heavy atom. The predicted molar refractivity (Wildman–Crippen MR) is 84.9 cm³/mol. The fraction of sp³-hybridized carbons (Fsp3) is 0.562. The third-order valence-corrected chi connectivity index (χ3v) is 3.09. The van der Waals surface area contributed by atoms with Gasteiger partial charge in [0.15, 0.2) is 0 Å². The van der Waals surface area contributed by atoms with Crippen molar-refractivity contribution in [1.82, 2.24) is 5.32 Å². The van der Waals surface area contributed by atoms with Crippen LogP contribution >= 0.6 is 11.6 Å². The van der Waals surface area contributed by atoms with Gasteiger partial charge in [0, 0.05) is 24.8 Å². The summed E-state index contributed by atoms with van der Waals surface area (Å²) < 4.78 is 10.9. The Kier molecular flexibility index (Phi) is 9.66. The lowest BCUT2D eigenvalue weighted by Crippen LogP contribution is -2.26. The van der Waals surface area contributed by atoms with Gasteiger partial charge in [-0.25, -0.2) is 0 Å². The molecule has 5 heteroatoms. The number of unbranched alkanes of at least 4 members (excludes halogenated alkanes) is 1. The van der Waals surface area contributed by atoms with E-state index >= 15 is 0 Å². The van der Waals surface area contributed by atoms with E-state index in [0.717, 1.165) is 31.6 Å². The number of benzene rings is 1. The number of ether oxygens (including phenoxy) is 2. The molecule has 1 rings (SSSR count). The molecule has 0 aliphatic rings. The van der Waals surface area contributed by atoms with Crippen molar-refractivity contribution in [2.45, 2.75) is 32.6 Å². The summed E-state index contributed by atoms with van der Waals surface area (Å²) in [5.41, 5.74) is 0. The van der Waals surface area contributed by atoms with E-state index in [1.54, 1.807) is 24.3 Å². The van der Waals surface area contributed by atoms with Crippen LogP contribution in [0.2, 0.25) is 5.02 Å². The third kappa shape index (κ3) is 9.32. The molecule has 0 atom stereocenters. The normalized spacial score (nSPS) is 10.4. The quantitative estimate of drug-likeness (QED) is 0.637. The van der Waals surface area contributed by atoms with Gasteiger partial charge < -0.3 is 14.8 Å². The van der Waals surface area contributed by atoms with Gasteiger partial charge in [0.05, 0.1) is 13.0 Å². The molecule has 0 spiro atoms. The van der Waals surface area contributed by atoms with Gasteiger partial charge in [-0.1, -0.05) is 24.9 Å². The van der Waals surface area contributed by atoms with Crippen LogP contribution in [0.15, 0.2) is 24.3 Å². The third-order valence-electron chi connectivity index (χ3n) is 2.84. The maximum Gasteiger partial charge on any atom is 0.223 e. The molecule has 1 aromatic carbocycles. The Bertz CT molecular complexity index is 395. The molecule has 0 bridgehead atoms. The van der Waals surface area contributed by atoms with Crippen LogP contribution in [0.5, 0.6) is 5.75 Å². The lowest BCUT2D eigenvalue weighted by atomic mass is 10.3. The lowest BCUT2D eigenvalue weighted by Gasteiger charge is -2.07. The highest BCUT2D eigenvalue weighted by Crippen LogP contribution is 2.15. The maximum absolute atomic E-state index is 11.6. The van der Waals surface area contributed by atoms with E-state index in [9.17, 15) is 4.79 Å². The van der Waals surface area contributed by atoms with E-state index in [1.807, 2.05) is 0 Å². The summed E-state index contributed by atoms with van der Waals surface area (Å²) in [4.78, 5) is 11.6. The molecular weight excluding hydrogens is 290 g/mol. The summed E-state index contributed by atoms with van der Waals surface area (Å²) in [6.07, 6.45) is 3.42. The number of hydrogen-bond donors (Lipinski definition) is 1. The Labute approximate surface area is 131 Å². The number of amides is 1. The molecule has 0 aromatic heterocycles. The fourth-order valence-corrected chi connectivity index (χ4v) is 1.76. The SMILES string of the molecule is CCCCOCCCNC(=O)CCOc1ccc(Cl)cc1. The van der Waals surface area contributed by atoms with Crippen molar-refractivity contribution in [2.24, 2.45) is 0 Å². The van der Waals surface area contributed by atoms with Crippen LogP contribution in [0.1, 0.15) is 32.6 Å². The van der Waals surface area contributed by atoms with E-state index in [-0.39, 0.29) is 5.91 Å².